The molecule has 25 heavy (non-hydrogen) atoms. The van der Waals surface area contributed by atoms with E-state index in [2.05, 4.69) is 17.1 Å². The number of nitrogens with one attached hydrogen (secondary N) is 2. The summed E-state index contributed by atoms with van der Waals surface area (Å²) in [6.45, 7) is 1.09. The molecule has 0 radical (unpaired) electrons. The molecule has 0 amide bonds. The first-order valence-electron chi connectivity index (χ1n) is 8.16. The van der Waals surface area contributed by atoms with Crippen molar-refractivity contribution in [2.45, 2.75) is 13.1 Å². The summed E-state index contributed by atoms with van der Waals surface area (Å²) in [4.78, 5) is 15.3. The van der Waals surface area contributed by atoms with E-state index in [1.807, 2.05) is 65.5 Å². The quantitative estimate of drug-likeness (QED) is 0.593. The molecule has 0 aliphatic heterocycles. The molecule has 124 valence electrons. The Hall–Kier alpha value is -3.34. The highest BCUT2D eigenvalue weighted by molar-refractivity contribution is 5.76. The van der Waals surface area contributed by atoms with E-state index in [4.69, 9.17) is 5.41 Å². The van der Waals surface area contributed by atoms with Crippen molar-refractivity contribution in [1.82, 2.24) is 14.1 Å². The standard InChI is InChI=1S/C20H18N4O/c21-19-17-13-23(11-15-7-3-1-4-8-15)14-18(17)22-20(25)24(19)12-16-9-5-2-6-10-16/h1-10,13-14,21H,11-12H2,(H,22,25). The van der Waals surface area contributed by atoms with E-state index in [1.54, 1.807) is 0 Å². The number of aromatic nitrogens is 3. The van der Waals surface area contributed by atoms with Crippen molar-refractivity contribution in [3.8, 4) is 0 Å². The van der Waals surface area contributed by atoms with Crippen LogP contribution in [0.1, 0.15) is 11.1 Å². The maximum atomic E-state index is 12.4. The van der Waals surface area contributed by atoms with Gasteiger partial charge in [0.1, 0.15) is 5.49 Å². The van der Waals surface area contributed by atoms with Gasteiger partial charge in [-0.05, 0) is 11.1 Å². The molecule has 2 N–H and O–H groups in total. The zero-order valence-corrected chi connectivity index (χ0v) is 13.6. The van der Waals surface area contributed by atoms with Crippen molar-refractivity contribution < 1.29 is 0 Å². The second kappa shape index (κ2) is 6.28. The van der Waals surface area contributed by atoms with E-state index in [0.717, 1.165) is 10.9 Å². The van der Waals surface area contributed by atoms with Gasteiger partial charge in [0.2, 0.25) is 0 Å². The second-order valence-corrected chi connectivity index (χ2v) is 6.09. The summed E-state index contributed by atoms with van der Waals surface area (Å²) in [6, 6.07) is 19.8. The number of fused-ring (bicyclic) bond motifs is 1. The number of hydrogen-bond donors (Lipinski definition) is 2. The normalized spacial score (nSPS) is 11.0. The minimum Gasteiger partial charge on any atom is -0.347 e. The minimum atomic E-state index is -0.265. The summed E-state index contributed by atoms with van der Waals surface area (Å²) in [5.74, 6) is 0. The lowest BCUT2D eigenvalue weighted by atomic mass is 10.2. The van der Waals surface area contributed by atoms with Crippen molar-refractivity contribution in [1.29, 1.82) is 5.41 Å². The molecule has 2 heterocycles. The molecule has 2 aromatic carbocycles. The number of aromatic amines is 1. The van der Waals surface area contributed by atoms with Crippen LogP contribution in [-0.2, 0) is 13.1 Å². The Morgan fingerprint density at radius 2 is 1.44 bits per heavy atom. The fourth-order valence-electron chi connectivity index (χ4n) is 3.03. The zero-order chi connectivity index (χ0) is 17.2. The number of benzene rings is 2. The van der Waals surface area contributed by atoms with Crippen LogP contribution in [0.4, 0.5) is 0 Å². The molecule has 4 rings (SSSR count). The van der Waals surface area contributed by atoms with Crippen molar-refractivity contribution in [2.75, 3.05) is 0 Å². The predicted octanol–water partition coefficient (Wildman–Crippen LogP) is 2.71. The molecule has 5 heteroatoms. The van der Waals surface area contributed by atoms with Crippen LogP contribution in [0.25, 0.3) is 10.9 Å². The summed E-state index contributed by atoms with van der Waals surface area (Å²) in [5, 5.41) is 9.19. The second-order valence-electron chi connectivity index (χ2n) is 6.09. The highest BCUT2D eigenvalue weighted by Crippen LogP contribution is 2.10. The van der Waals surface area contributed by atoms with E-state index in [9.17, 15) is 4.79 Å². The van der Waals surface area contributed by atoms with Gasteiger partial charge in [-0.15, -0.1) is 0 Å². The molecule has 0 fully saturated rings. The lowest BCUT2D eigenvalue weighted by Crippen LogP contribution is -2.35. The first-order chi connectivity index (χ1) is 12.2. The van der Waals surface area contributed by atoms with Crippen LogP contribution in [-0.4, -0.2) is 14.1 Å². The third kappa shape index (κ3) is 3.04. The topological polar surface area (TPSA) is 66.6 Å². The van der Waals surface area contributed by atoms with Gasteiger partial charge in [-0.25, -0.2) is 4.79 Å². The van der Waals surface area contributed by atoms with E-state index in [0.29, 0.717) is 18.6 Å². The molecule has 0 aliphatic carbocycles. The van der Waals surface area contributed by atoms with Gasteiger partial charge in [-0.3, -0.25) is 9.98 Å². The van der Waals surface area contributed by atoms with Crippen LogP contribution >= 0.6 is 0 Å². The third-order valence-electron chi connectivity index (χ3n) is 4.28. The van der Waals surface area contributed by atoms with E-state index >= 15 is 0 Å². The molecule has 5 nitrogen and oxygen atoms in total. The predicted molar refractivity (Wildman–Crippen MR) is 97.5 cm³/mol. The van der Waals surface area contributed by atoms with Gasteiger partial charge in [0.05, 0.1) is 17.4 Å². The van der Waals surface area contributed by atoms with Crippen LogP contribution in [0.5, 0.6) is 0 Å². The fourth-order valence-corrected chi connectivity index (χ4v) is 3.03. The van der Waals surface area contributed by atoms with E-state index < -0.39 is 0 Å². The number of rotatable bonds is 4. The number of hydrogen-bond acceptors (Lipinski definition) is 2. The maximum Gasteiger partial charge on any atom is 0.327 e. The lowest BCUT2D eigenvalue weighted by Gasteiger charge is -2.06. The first kappa shape index (κ1) is 15.2. The molecule has 0 aliphatic rings. The average Bonchev–Trinajstić information content (AvgIpc) is 3.03. The van der Waals surface area contributed by atoms with E-state index in [1.165, 1.54) is 10.1 Å². The Morgan fingerprint density at radius 1 is 0.840 bits per heavy atom. The Labute approximate surface area is 144 Å². The van der Waals surface area contributed by atoms with Gasteiger partial charge >= 0.3 is 5.69 Å². The lowest BCUT2D eigenvalue weighted by molar-refractivity contribution is 0.690. The molecule has 0 bridgehead atoms. The average molecular weight is 330 g/mol. The van der Waals surface area contributed by atoms with Gasteiger partial charge in [0, 0.05) is 18.9 Å². The molecule has 4 aromatic rings. The van der Waals surface area contributed by atoms with Gasteiger partial charge in [0.15, 0.2) is 0 Å². The number of nitrogens with zero attached hydrogens (tertiary/aromatic N) is 2. The smallest absolute Gasteiger partial charge is 0.327 e. The molecule has 0 saturated heterocycles. The maximum absolute atomic E-state index is 12.4. The van der Waals surface area contributed by atoms with Crippen molar-refractivity contribution in [3.05, 3.63) is 100 Å². The Kier molecular flexibility index (Phi) is 3.82. The van der Waals surface area contributed by atoms with Crippen LogP contribution in [0.2, 0.25) is 0 Å². The molecular weight excluding hydrogens is 312 g/mol. The van der Waals surface area contributed by atoms with E-state index in [-0.39, 0.29) is 11.2 Å². The van der Waals surface area contributed by atoms with Gasteiger partial charge in [-0.2, -0.15) is 0 Å². The molecule has 0 saturated carbocycles. The molecule has 2 aromatic heterocycles. The minimum absolute atomic E-state index is 0.231. The first-order valence-corrected chi connectivity index (χ1v) is 8.16. The van der Waals surface area contributed by atoms with Crippen molar-refractivity contribution in [3.63, 3.8) is 0 Å². The van der Waals surface area contributed by atoms with Crippen LogP contribution in [0.15, 0.2) is 77.9 Å². The zero-order valence-electron chi connectivity index (χ0n) is 13.6. The van der Waals surface area contributed by atoms with Crippen LogP contribution in [0, 0.1) is 5.41 Å². The fraction of sp³-hybridized carbons (Fsp3) is 0.100. The SMILES string of the molecule is N=c1c2cn(Cc3ccccc3)cc2[nH]c(=O)n1Cc1ccccc1. The molecule has 0 unspecified atom stereocenters. The van der Waals surface area contributed by atoms with Gasteiger partial charge < -0.3 is 9.55 Å². The van der Waals surface area contributed by atoms with Crippen LogP contribution < -0.4 is 11.2 Å². The third-order valence-corrected chi connectivity index (χ3v) is 4.28. The molecule has 0 spiro atoms. The highest BCUT2D eigenvalue weighted by Gasteiger charge is 2.08. The van der Waals surface area contributed by atoms with Gasteiger partial charge in [-0.1, -0.05) is 60.7 Å². The monoisotopic (exact) mass is 330 g/mol. The largest absolute Gasteiger partial charge is 0.347 e. The van der Waals surface area contributed by atoms with Crippen molar-refractivity contribution in [2.24, 2.45) is 0 Å². The van der Waals surface area contributed by atoms with Gasteiger partial charge in [0.25, 0.3) is 0 Å². The summed E-state index contributed by atoms with van der Waals surface area (Å²) >= 11 is 0. The Balaban J connectivity index is 1.74. The summed E-state index contributed by atoms with van der Waals surface area (Å²) in [7, 11) is 0. The molecule has 0 atom stereocenters. The molecular formula is C20H18N4O. The summed E-state index contributed by atoms with van der Waals surface area (Å²) < 4.78 is 3.46. The van der Waals surface area contributed by atoms with Crippen molar-refractivity contribution >= 4 is 10.9 Å². The summed E-state index contributed by atoms with van der Waals surface area (Å²) in [5.41, 5.74) is 2.83. The highest BCUT2D eigenvalue weighted by atomic mass is 16.1. The Bertz CT molecular complexity index is 1120. The summed E-state index contributed by atoms with van der Waals surface area (Å²) in [6.07, 6.45) is 3.80. The number of H-pyrrole nitrogens is 1. The van der Waals surface area contributed by atoms with Crippen LogP contribution in [0.3, 0.4) is 0 Å². The Morgan fingerprint density at radius 3 is 2.08 bits per heavy atom.